The van der Waals surface area contributed by atoms with Gasteiger partial charge >= 0.3 is 5.97 Å². The monoisotopic (exact) mass is 312 g/mol. The van der Waals surface area contributed by atoms with Crippen LogP contribution in [0.25, 0.3) is 0 Å². The summed E-state index contributed by atoms with van der Waals surface area (Å²) >= 11 is 1.64. The summed E-state index contributed by atoms with van der Waals surface area (Å²) in [5.41, 5.74) is 0.877. The van der Waals surface area contributed by atoms with Crippen LogP contribution in [0, 0.1) is 0 Å². The number of esters is 1. The zero-order valence-electron chi connectivity index (χ0n) is 13.1. The molecule has 1 aliphatic heterocycles. The van der Waals surface area contributed by atoms with Crippen molar-refractivity contribution >= 4 is 22.4 Å². The minimum Gasteiger partial charge on any atom is -0.466 e. The topological polar surface area (TPSA) is 51.7 Å². The molecule has 0 radical (unpaired) electrons. The molecule has 6 heteroatoms. The lowest BCUT2D eigenvalue weighted by Gasteiger charge is -2.39. The number of piperidine rings is 1. The molecule has 0 amide bonds. The number of anilines is 1. The minimum absolute atomic E-state index is 0.0883. The van der Waals surface area contributed by atoms with Crippen LogP contribution in [-0.4, -0.2) is 43.4 Å². The zero-order chi connectivity index (χ0) is 15.3. The Morgan fingerprint density at radius 3 is 3.10 bits per heavy atom. The first-order valence-corrected chi connectivity index (χ1v) is 8.34. The van der Waals surface area contributed by atoms with Gasteiger partial charge in [-0.15, -0.1) is 11.3 Å². The van der Waals surface area contributed by atoms with Crippen molar-refractivity contribution in [3.63, 3.8) is 0 Å². The normalized spacial score (nSPS) is 22.3. The Hall–Kier alpha value is -1.14. The number of aromatic nitrogens is 1. The van der Waals surface area contributed by atoms with Crippen LogP contribution in [0.1, 0.15) is 38.8 Å². The van der Waals surface area contributed by atoms with Gasteiger partial charge in [0, 0.05) is 32.0 Å². The molecule has 2 rings (SSSR count). The van der Waals surface area contributed by atoms with Gasteiger partial charge in [0.1, 0.15) is 0 Å². The number of hydrogen-bond donors (Lipinski definition) is 0. The molecule has 1 unspecified atom stereocenters. The molecule has 0 aromatic carbocycles. The Kier molecular flexibility index (Phi) is 5.58. The first-order chi connectivity index (χ1) is 10.1. The van der Waals surface area contributed by atoms with Gasteiger partial charge < -0.3 is 14.4 Å². The Balaban J connectivity index is 1.92. The van der Waals surface area contributed by atoms with Crippen LogP contribution in [-0.2, 0) is 20.7 Å². The maximum atomic E-state index is 11.4. The lowest BCUT2D eigenvalue weighted by Crippen LogP contribution is -2.47. The number of ether oxygens (including phenoxy) is 2. The molecule has 1 saturated heterocycles. The maximum absolute atomic E-state index is 11.4. The molecule has 2 heterocycles. The van der Waals surface area contributed by atoms with Crippen LogP contribution in [0.5, 0.6) is 0 Å². The number of hydrogen-bond acceptors (Lipinski definition) is 6. The molecule has 1 fully saturated rings. The fourth-order valence-electron chi connectivity index (χ4n) is 2.56. The second-order valence-electron chi connectivity index (χ2n) is 5.61. The number of thiazole rings is 1. The molecule has 0 spiro atoms. The van der Waals surface area contributed by atoms with E-state index in [0.29, 0.717) is 19.4 Å². The van der Waals surface area contributed by atoms with Crippen LogP contribution in [0.2, 0.25) is 0 Å². The highest BCUT2D eigenvalue weighted by atomic mass is 32.1. The van der Waals surface area contributed by atoms with Crippen molar-refractivity contribution in [2.24, 2.45) is 0 Å². The molecule has 5 nitrogen and oxygen atoms in total. The van der Waals surface area contributed by atoms with E-state index in [-0.39, 0.29) is 11.6 Å². The molecule has 118 valence electrons. The van der Waals surface area contributed by atoms with Crippen molar-refractivity contribution in [1.82, 2.24) is 4.98 Å². The largest absolute Gasteiger partial charge is 0.466 e. The van der Waals surface area contributed by atoms with E-state index in [1.54, 1.807) is 18.4 Å². The van der Waals surface area contributed by atoms with Gasteiger partial charge in [-0.3, -0.25) is 4.79 Å². The second kappa shape index (κ2) is 7.22. The highest BCUT2D eigenvalue weighted by Gasteiger charge is 2.31. The molecular formula is C15H24N2O3S. The highest BCUT2D eigenvalue weighted by Crippen LogP contribution is 2.30. The molecule has 0 saturated carbocycles. The quantitative estimate of drug-likeness (QED) is 0.756. The molecule has 1 aromatic heterocycles. The van der Waals surface area contributed by atoms with E-state index in [1.165, 1.54) is 0 Å². The minimum atomic E-state index is -0.156. The van der Waals surface area contributed by atoms with Crippen molar-refractivity contribution < 1.29 is 14.3 Å². The van der Waals surface area contributed by atoms with Crippen LogP contribution in [0.3, 0.4) is 0 Å². The summed E-state index contributed by atoms with van der Waals surface area (Å²) in [4.78, 5) is 18.3. The van der Waals surface area contributed by atoms with Gasteiger partial charge in [0.25, 0.3) is 0 Å². The van der Waals surface area contributed by atoms with Crippen molar-refractivity contribution in [3.8, 4) is 0 Å². The molecule has 1 aliphatic rings. The molecule has 1 atom stereocenters. The first kappa shape index (κ1) is 16.2. The second-order valence-corrected chi connectivity index (χ2v) is 6.44. The summed E-state index contributed by atoms with van der Waals surface area (Å²) in [6.45, 7) is 6.29. The van der Waals surface area contributed by atoms with Crippen molar-refractivity contribution in [2.75, 3.05) is 31.7 Å². The van der Waals surface area contributed by atoms with Crippen molar-refractivity contribution in [2.45, 2.75) is 45.1 Å². The zero-order valence-corrected chi connectivity index (χ0v) is 13.9. The predicted molar refractivity (Wildman–Crippen MR) is 83.9 cm³/mol. The van der Waals surface area contributed by atoms with Gasteiger partial charge in [0.05, 0.1) is 24.3 Å². The maximum Gasteiger partial charge on any atom is 0.306 e. The lowest BCUT2D eigenvalue weighted by molar-refractivity contribution is -0.143. The number of rotatable bonds is 6. The smallest absolute Gasteiger partial charge is 0.306 e. The number of carbonyl (C=O) groups excluding carboxylic acids is 1. The summed E-state index contributed by atoms with van der Waals surface area (Å²) in [7, 11) is 1.77. The Labute approximate surface area is 130 Å². The van der Waals surface area contributed by atoms with E-state index in [1.807, 2.05) is 12.3 Å². The third-order valence-corrected chi connectivity index (χ3v) is 4.80. The van der Waals surface area contributed by atoms with E-state index in [0.717, 1.165) is 36.8 Å². The van der Waals surface area contributed by atoms with Gasteiger partial charge in [0.2, 0.25) is 0 Å². The third-order valence-electron chi connectivity index (χ3n) is 3.85. The molecule has 0 bridgehead atoms. The van der Waals surface area contributed by atoms with E-state index in [4.69, 9.17) is 9.47 Å². The fraction of sp³-hybridized carbons (Fsp3) is 0.733. The fourth-order valence-corrected chi connectivity index (χ4v) is 3.44. The third kappa shape index (κ3) is 4.41. The number of carbonyl (C=O) groups is 1. The van der Waals surface area contributed by atoms with Crippen LogP contribution in [0.15, 0.2) is 5.38 Å². The Bertz CT molecular complexity index is 477. The van der Waals surface area contributed by atoms with Crippen LogP contribution >= 0.6 is 11.3 Å². The Morgan fingerprint density at radius 1 is 1.57 bits per heavy atom. The lowest BCUT2D eigenvalue weighted by atomic mass is 9.95. The van der Waals surface area contributed by atoms with E-state index < -0.39 is 0 Å². The average molecular weight is 312 g/mol. The molecule has 21 heavy (non-hydrogen) atoms. The van der Waals surface area contributed by atoms with Gasteiger partial charge in [-0.25, -0.2) is 4.98 Å². The van der Waals surface area contributed by atoms with Crippen LogP contribution in [0.4, 0.5) is 5.13 Å². The van der Waals surface area contributed by atoms with Crippen molar-refractivity contribution in [3.05, 3.63) is 11.1 Å². The summed E-state index contributed by atoms with van der Waals surface area (Å²) in [6.07, 6.45) is 3.24. The van der Waals surface area contributed by atoms with Gasteiger partial charge in [-0.1, -0.05) is 0 Å². The summed E-state index contributed by atoms with van der Waals surface area (Å²) in [5, 5.41) is 3.06. The molecule has 1 aromatic rings. The molecule has 0 aliphatic carbocycles. The summed E-state index contributed by atoms with van der Waals surface area (Å²) in [5.74, 6) is -0.156. The standard InChI is InChI=1S/C15H24N2O3S/c1-4-20-13(18)7-6-12-10-21-14(16-12)17-9-5-8-15(2,11-17)19-3/h10H,4-9,11H2,1-3H3. The highest BCUT2D eigenvalue weighted by molar-refractivity contribution is 7.13. The van der Waals surface area contributed by atoms with Gasteiger partial charge in [-0.2, -0.15) is 0 Å². The first-order valence-electron chi connectivity index (χ1n) is 7.46. The number of methoxy groups -OCH3 is 1. The summed E-state index contributed by atoms with van der Waals surface area (Å²) < 4.78 is 10.6. The number of aryl methyl sites for hydroxylation is 1. The van der Waals surface area contributed by atoms with E-state index in [2.05, 4.69) is 16.8 Å². The average Bonchev–Trinajstić information content (AvgIpc) is 2.94. The van der Waals surface area contributed by atoms with E-state index in [9.17, 15) is 4.79 Å². The summed E-state index contributed by atoms with van der Waals surface area (Å²) in [6, 6.07) is 0. The SMILES string of the molecule is CCOC(=O)CCc1csc(N2CCCC(C)(OC)C2)n1. The van der Waals surface area contributed by atoms with Crippen LogP contribution < -0.4 is 4.90 Å². The predicted octanol–water partition coefficient (Wildman–Crippen LogP) is 2.64. The molecule has 0 N–H and O–H groups in total. The van der Waals surface area contributed by atoms with Gasteiger partial charge in [-0.05, 0) is 26.7 Å². The molecular weight excluding hydrogens is 288 g/mol. The number of nitrogens with zero attached hydrogens (tertiary/aromatic N) is 2. The van der Waals surface area contributed by atoms with E-state index >= 15 is 0 Å². The van der Waals surface area contributed by atoms with Crippen molar-refractivity contribution in [1.29, 1.82) is 0 Å². The van der Waals surface area contributed by atoms with Gasteiger partial charge in [0.15, 0.2) is 5.13 Å². The Morgan fingerprint density at radius 2 is 2.38 bits per heavy atom.